The lowest BCUT2D eigenvalue weighted by Crippen LogP contribution is -2.24. The lowest BCUT2D eigenvalue weighted by molar-refractivity contribution is 0.240. The van der Waals surface area contributed by atoms with E-state index in [1.165, 1.54) is 4.88 Å². The molecule has 4 heteroatoms. The van der Waals surface area contributed by atoms with E-state index in [1.54, 1.807) is 18.4 Å². The van der Waals surface area contributed by atoms with Crippen LogP contribution in [0.2, 0.25) is 0 Å². The van der Waals surface area contributed by atoms with E-state index in [-0.39, 0.29) is 12.6 Å². The summed E-state index contributed by atoms with van der Waals surface area (Å²) >= 11 is 1.71. The molecule has 1 heterocycles. The summed E-state index contributed by atoms with van der Waals surface area (Å²) in [6.45, 7) is 0.798. The topological polar surface area (TPSA) is 41.5 Å². The van der Waals surface area contributed by atoms with Gasteiger partial charge in [0.15, 0.2) is 0 Å². The molecular formula is C14H17NO2S. The van der Waals surface area contributed by atoms with Crippen LogP contribution >= 0.6 is 11.3 Å². The maximum Gasteiger partial charge on any atom is 0.123 e. The van der Waals surface area contributed by atoms with Crippen molar-refractivity contribution in [3.8, 4) is 5.75 Å². The van der Waals surface area contributed by atoms with Crippen LogP contribution < -0.4 is 10.1 Å². The van der Waals surface area contributed by atoms with E-state index >= 15 is 0 Å². The third-order valence-electron chi connectivity index (χ3n) is 2.80. The van der Waals surface area contributed by atoms with E-state index in [1.807, 2.05) is 35.7 Å². The number of benzene rings is 1. The number of nitrogens with one attached hydrogen (secondary N) is 1. The summed E-state index contributed by atoms with van der Waals surface area (Å²) in [6.07, 6.45) is 0. The molecule has 0 aliphatic rings. The summed E-state index contributed by atoms with van der Waals surface area (Å²) in [5, 5.41) is 14.9. The lowest BCUT2D eigenvalue weighted by Gasteiger charge is -2.18. The number of ether oxygens (including phenoxy) is 1. The fourth-order valence-corrected chi connectivity index (χ4v) is 2.52. The molecule has 18 heavy (non-hydrogen) atoms. The molecule has 2 rings (SSSR count). The normalized spacial score (nSPS) is 12.3. The average Bonchev–Trinajstić information content (AvgIpc) is 2.93. The predicted octanol–water partition coefficient (Wildman–Crippen LogP) is 2.58. The van der Waals surface area contributed by atoms with E-state index in [9.17, 15) is 5.11 Å². The van der Waals surface area contributed by atoms with Crippen molar-refractivity contribution in [1.82, 2.24) is 5.32 Å². The minimum absolute atomic E-state index is 0.0474. The fraction of sp³-hybridized carbons (Fsp3) is 0.286. The Hall–Kier alpha value is -1.36. The largest absolute Gasteiger partial charge is 0.496 e. The second-order valence-corrected chi connectivity index (χ2v) is 4.97. The summed E-state index contributed by atoms with van der Waals surface area (Å²) in [4.78, 5) is 1.25. The summed E-state index contributed by atoms with van der Waals surface area (Å²) < 4.78 is 5.32. The van der Waals surface area contributed by atoms with Crippen molar-refractivity contribution in [2.75, 3.05) is 13.7 Å². The third kappa shape index (κ3) is 3.10. The molecule has 0 radical (unpaired) electrons. The zero-order valence-corrected chi connectivity index (χ0v) is 11.1. The van der Waals surface area contributed by atoms with Gasteiger partial charge in [-0.2, -0.15) is 0 Å². The first-order valence-electron chi connectivity index (χ1n) is 5.84. The minimum Gasteiger partial charge on any atom is -0.496 e. The van der Waals surface area contributed by atoms with Crippen LogP contribution in [-0.2, 0) is 6.54 Å². The number of para-hydroxylation sites is 1. The number of rotatable bonds is 6. The second-order valence-electron chi connectivity index (χ2n) is 3.94. The molecule has 1 aromatic heterocycles. The fourth-order valence-electron chi connectivity index (χ4n) is 1.86. The van der Waals surface area contributed by atoms with E-state index in [0.717, 1.165) is 17.9 Å². The van der Waals surface area contributed by atoms with Crippen LogP contribution in [0.1, 0.15) is 16.5 Å². The van der Waals surface area contributed by atoms with Crippen molar-refractivity contribution in [1.29, 1.82) is 0 Å². The molecule has 0 aliphatic carbocycles. The molecule has 0 spiro atoms. The molecule has 3 nitrogen and oxygen atoms in total. The number of aliphatic hydroxyl groups is 1. The molecule has 1 unspecified atom stereocenters. The lowest BCUT2D eigenvalue weighted by atomic mass is 10.1. The van der Waals surface area contributed by atoms with Gasteiger partial charge in [0.1, 0.15) is 5.75 Å². The van der Waals surface area contributed by atoms with Crippen LogP contribution in [0.3, 0.4) is 0 Å². The molecule has 0 fully saturated rings. The van der Waals surface area contributed by atoms with E-state index in [2.05, 4.69) is 11.4 Å². The molecule has 0 saturated heterocycles. The van der Waals surface area contributed by atoms with Crippen LogP contribution in [-0.4, -0.2) is 18.8 Å². The number of hydrogen-bond donors (Lipinski definition) is 2. The monoisotopic (exact) mass is 263 g/mol. The molecule has 0 aliphatic heterocycles. The summed E-state index contributed by atoms with van der Waals surface area (Å²) in [5.41, 5.74) is 0.985. The molecule has 0 bridgehead atoms. The molecule has 1 atom stereocenters. The van der Waals surface area contributed by atoms with E-state index in [4.69, 9.17) is 4.74 Å². The molecule has 0 saturated carbocycles. The Balaban J connectivity index is 2.08. The molecule has 96 valence electrons. The average molecular weight is 263 g/mol. The van der Waals surface area contributed by atoms with Crippen LogP contribution in [0.4, 0.5) is 0 Å². The minimum atomic E-state index is -0.108. The van der Waals surface area contributed by atoms with E-state index < -0.39 is 0 Å². The number of methoxy groups -OCH3 is 1. The van der Waals surface area contributed by atoms with Crippen LogP contribution in [0.25, 0.3) is 0 Å². The van der Waals surface area contributed by atoms with Crippen LogP contribution in [0.15, 0.2) is 41.8 Å². The highest BCUT2D eigenvalue weighted by atomic mass is 32.1. The summed E-state index contributed by atoms with van der Waals surface area (Å²) in [5.74, 6) is 0.801. The van der Waals surface area contributed by atoms with Gasteiger partial charge in [-0.15, -0.1) is 11.3 Å². The van der Waals surface area contributed by atoms with Gasteiger partial charge in [-0.3, -0.25) is 0 Å². The Labute approximate surface area is 111 Å². The first kappa shape index (κ1) is 13.1. The van der Waals surface area contributed by atoms with Crippen molar-refractivity contribution in [3.05, 3.63) is 52.2 Å². The van der Waals surface area contributed by atoms with Gasteiger partial charge < -0.3 is 15.2 Å². The van der Waals surface area contributed by atoms with Gasteiger partial charge in [0, 0.05) is 17.0 Å². The molecule has 0 amide bonds. The smallest absolute Gasteiger partial charge is 0.123 e. The first-order valence-corrected chi connectivity index (χ1v) is 6.72. The Morgan fingerprint density at radius 1 is 1.28 bits per heavy atom. The number of hydrogen-bond acceptors (Lipinski definition) is 4. The molecular weight excluding hydrogens is 246 g/mol. The van der Waals surface area contributed by atoms with Crippen molar-refractivity contribution in [3.63, 3.8) is 0 Å². The summed E-state index contributed by atoms with van der Waals surface area (Å²) in [7, 11) is 1.65. The zero-order valence-electron chi connectivity index (χ0n) is 10.3. The highest BCUT2D eigenvalue weighted by Crippen LogP contribution is 2.24. The zero-order chi connectivity index (χ0) is 12.8. The second kappa shape index (κ2) is 6.54. The Morgan fingerprint density at radius 3 is 2.78 bits per heavy atom. The van der Waals surface area contributed by atoms with Crippen LogP contribution in [0, 0.1) is 0 Å². The Morgan fingerprint density at radius 2 is 2.11 bits per heavy atom. The van der Waals surface area contributed by atoms with Crippen molar-refractivity contribution < 1.29 is 9.84 Å². The van der Waals surface area contributed by atoms with Crippen molar-refractivity contribution in [2.24, 2.45) is 0 Å². The first-order chi connectivity index (χ1) is 8.85. The highest BCUT2D eigenvalue weighted by molar-refractivity contribution is 7.09. The van der Waals surface area contributed by atoms with Gasteiger partial charge in [-0.25, -0.2) is 0 Å². The number of aliphatic hydroxyl groups excluding tert-OH is 1. The van der Waals surface area contributed by atoms with Gasteiger partial charge in [-0.1, -0.05) is 24.3 Å². The van der Waals surface area contributed by atoms with Gasteiger partial charge in [0.2, 0.25) is 0 Å². The highest BCUT2D eigenvalue weighted by Gasteiger charge is 2.14. The SMILES string of the molecule is COc1ccccc1C(CO)NCc1cccs1. The van der Waals surface area contributed by atoms with Gasteiger partial charge in [0.25, 0.3) is 0 Å². The molecule has 2 aromatic rings. The molecule has 2 N–H and O–H groups in total. The number of thiophene rings is 1. The maximum atomic E-state index is 9.51. The van der Waals surface area contributed by atoms with E-state index in [0.29, 0.717) is 0 Å². The van der Waals surface area contributed by atoms with Gasteiger partial charge in [-0.05, 0) is 17.5 Å². The van der Waals surface area contributed by atoms with Crippen LogP contribution in [0.5, 0.6) is 5.75 Å². The van der Waals surface area contributed by atoms with Gasteiger partial charge in [0.05, 0.1) is 19.8 Å². The Bertz CT molecular complexity index is 470. The predicted molar refractivity (Wildman–Crippen MR) is 74.0 cm³/mol. The Kier molecular flexibility index (Phi) is 4.75. The van der Waals surface area contributed by atoms with Gasteiger partial charge >= 0.3 is 0 Å². The van der Waals surface area contributed by atoms with Crippen molar-refractivity contribution >= 4 is 11.3 Å². The maximum absolute atomic E-state index is 9.51. The van der Waals surface area contributed by atoms with Crippen molar-refractivity contribution in [2.45, 2.75) is 12.6 Å². The summed E-state index contributed by atoms with van der Waals surface area (Å²) in [6, 6.07) is 11.8. The standard InChI is InChI=1S/C14H17NO2S/c1-17-14-7-3-2-6-12(14)13(10-16)15-9-11-5-4-8-18-11/h2-8,13,15-16H,9-10H2,1H3. The molecule has 1 aromatic carbocycles. The third-order valence-corrected chi connectivity index (χ3v) is 3.68. The quantitative estimate of drug-likeness (QED) is 0.841.